The molecule has 0 aromatic heterocycles. The molecule has 1 aliphatic heterocycles. The van der Waals surface area contributed by atoms with Crippen molar-refractivity contribution < 1.29 is 9.47 Å². The van der Waals surface area contributed by atoms with E-state index < -0.39 is 0 Å². The molecule has 1 N–H and O–H groups in total. The minimum absolute atomic E-state index is 0. The normalized spacial score (nSPS) is 15.5. The van der Waals surface area contributed by atoms with E-state index in [0.717, 1.165) is 62.9 Å². The Morgan fingerprint density at radius 2 is 1.93 bits per heavy atom. The van der Waals surface area contributed by atoms with Gasteiger partial charge in [0.2, 0.25) is 0 Å². The van der Waals surface area contributed by atoms with Gasteiger partial charge in [0.25, 0.3) is 0 Å². The maximum atomic E-state index is 5.97. The standard InChI is InChI=1S/C21H36N4O2.HI/c1-5-22-21(25-13-11-19(12-14-25)26-6-2)23-17-18-9-7-8-10-20(18)27-16-15-24(3)4;/h7-10,19H,5-6,11-17H2,1-4H3,(H,22,23);1H. The van der Waals surface area contributed by atoms with Crippen LogP contribution in [0.1, 0.15) is 32.3 Å². The number of likely N-dealkylation sites (N-methyl/N-ethyl adjacent to an activating group) is 1. The minimum atomic E-state index is 0. The van der Waals surface area contributed by atoms with E-state index in [2.05, 4.69) is 49.1 Å². The zero-order valence-electron chi connectivity index (χ0n) is 17.8. The smallest absolute Gasteiger partial charge is 0.194 e. The first-order chi connectivity index (χ1) is 13.1. The fourth-order valence-corrected chi connectivity index (χ4v) is 3.17. The molecule has 160 valence electrons. The van der Waals surface area contributed by atoms with Crippen LogP contribution in [0.4, 0.5) is 0 Å². The van der Waals surface area contributed by atoms with Gasteiger partial charge >= 0.3 is 0 Å². The van der Waals surface area contributed by atoms with Crippen LogP contribution in [0.15, 0.2) is 29.3 Å². The molecular weight excluding hydrogens is 467 g/mol. The van der Waals surface area contributed by atoms with Crippen molar-refractivity contribution in [2.24, 2.45) is 4.99 Å². The van der Waals surface area contributed by atoms with Crippen molar-refractivity contribution in [3.63, 3.8) is 0 Å². The largest absolute Gasteiger partial charge is 0.492 e. The zero-order chi connectivity index (χ0) is 19.5. The molecule has 1 fully saturated rings. The van der Waals surface area contributed by atoms with E-state index in [1.165, 1.54) is 0 Å². The quantitative estimate of drug-likeness (QED) is 0.318. The van der Waals surface area contributed by atoms with Gasteiger partial charge in [-0.05, 0) is 46.9 Å². The van der Waals surface area contributed by atoms with Gasteiger partial charge in [-0.3, -0.25) is 0 Å². The Bertz CT molecular complexity index is 575. The highest BCUT2D eigenvalue weighted by atomic mass is 127. The molecule has 2 rings (SSSR count). The van der Waals surface area contributed by atoms with Crippen LogP contribution in [0.5, 0.6) is 5.75 Å². The Balaban J connectivity index is 0.00000392. The summed E-state index contributed by atoms with van der Waals surface area (Å²) < 4.78 is 11.7. The minimum Gasteiger partial charge on any atom is -0.492 e. The fraction of sp³-hybridized carbons (Fsp3) is 0.667. The number of guanidine groups is 1. The molecule has 1 aliphatic rings. The van der Waals surface area contributed by atoms with E-state index in [0.29, 0.717) is 19.3 Å². The third-order valence-electron chi connectivity index (χ3n) is 4.65. The molecule has 1 aromatic carbocycles. The molecule has 0 unspecified atom stereocenters. The zero-order valence-corrected chi connectivity index (χ0v) is 20.1. The number of para-hydroxylation sites is 1. The van der Waals surface area contributed by atoms with Gasteiger partial charge in [0.15, 0.2) is 5.96 Å². The summed E-state index contributed by atoms with van der Waals surface area (Å²) in [6.07, 6.45) is 2.50. The number of hydrogen-bond acceptors (Lipinski definition) is 4. The lowest BCUT2D eigenvalue weighted by molar-refractivity contribution is 0.0263. The number of halogens is 1. The van der Waals surface area contributed by atoms with Crippen molar-refractivity contribution in [3.8, 4) is 5.75 Å². The Hall–Kier alpha value is -1.06. The van der Waals surface area contributed by atoms with Crippen LogP contribution < -0.4 is 10.1 Å². The average molecular weight is 504 g/mol. The monoisotopic (exact) mass is 504 g/mol. The molecule has 0 radical (unpaired) electrons. The summed E-state index contributed by atoms with van der Waals surface area (Å²) in [6, 6.07) is 8.19. The van der Waals surface area contributed by atoms with E-state index in [1.54, 1.807) is 0 Å². The van der Waals surface area contributed by atoms with Gasteiger partial charge in [0, 0.05) is 38.3 Å². The SMILES string of the molecule is CCNC(=NCc1ccccc1OCCN(C)C)N1CCC(OCC)CC1.I. The molecule has 0 saturated carbocycles. The number of likely N-dealkylation sites (tertiary alicyclic amines) is 1. The summed E-state index contributed by atoms with van der Waals surface area (Å²) in [5.41, 5.74) is 1.12. The van der Waals surface area contributed by atoms with Gasteiger partial charge in [0.1, 0.15) is 12.4 Å². The molecule has 6 nitrogen and oxygen atoms in total. The number of ether oxygens (including phenoxy) is 2. The van der Waals surface area contributed by atoms with Gasteiger partial charge in [0.05, 0.1) is 12.6 Å². The Labute approximate surface area is 187 Å². The van der Waals surface area contributed by atoms with Crippen molar-refractivity contribution in [1.29, 1.82) is 0 Å². The third-order valence-corrected chi connectivity index (χ3v) is 4.65. The second-order valence-corrected chi connectivity index (χ2v) is 7.07. The van der Waals surface area contributed by atoms with Crippen molar-refractivity contribution in [2.45, 2.75) is 39.3 Å². The topological polar surface area (TPSA) is 49.3 Å². The Kier molecular flexibility index (Phi) is 12.5. The highest BCUT2D eigenvalue weighted by Crippen LogP contribution is 2.19. The fourth-order valence-electron chi connectivity index (χ4n) is 3.17. The average Bonchev–Trinajstić information content (AvgIpc) is 2.67. The molecule has 1 heterocycles. The van der Waals surface area contributed by atoms with Gasteiger partial charge in [-0.15, -0.1) is 24.0 Å². The Morgan fingerprint density at radius 3 is 2.57 bits per heavy atom. The van der Waals surface area contributed by atoms with Crippen molar-refractivity contribution in [2.75, 3.05) is 53.5 Å². The van der Waals surface area contributed by atoms with Crippen LogP contribution >= 0.6 is 24.0 Å². The molecule has 28 heavy (non-hydrogen) atoms. The number of benzene rings is 1. The molecule has 1 aromatic rings. The second kappa shape index (κ2) is 14.0. The number of rotatable bonds is 9. The molecule has 0 amide bonds. The lowest BCUT2D eigenvalue weighted by atomic mass is 10.1. The first-order valence-corrected chi connectivity index (χ1v) is 10.1. The van der Waals surface area contributed by atoms with E-state index in [-0.39, 0.29) is 24.0 Å². The molecule has 0 aliphatic carbocycles. The predicted octanol–water partition coefficient (Wildman–Crippen LogP) is 3.21. The first kappa shape index (κ1) is 25.0. The summed E-state index contributed by atoms with van der Waals surface area (Å²) in [7, 11) is 4.11. The number of nitrogens with zero attached hydrogens (tertiary/aromatic N) is 3. The highest BCUT2D eigenvalue weighted by molar-refractivity contribution is 14.0. The summed E-state index contributed by atoms with van der Waals surface area (Å²) in [6.45, 7) is 10.00. The summed E-state index contributed by atoms with van der Waals surface area (Å²) in [5, 5.41) is 3.43. The molecule has 0 atom stereocenters. The van der Waals surface area contributed by atoms with E-state index >= 15 is 0 Å². The molecular formula is C21H37IN4O2. The summed E-state index contributed by atoms with van der Waals surface area (Å²) in [5.74, 6) is 1.91. The van der Waals surface area contributed by atoms with E-state index in [1.807, 2.05) is 18.2 Å². The number of nitrogens with one attached hydrogen (secondary N) is 1. The van der Waals surface area contributed by atoms with Crippen molar-refractivity contribution in [3.05, 3.63) is 29.8 Å². The predicted molar refractivity (Wildman–Crippen MR) is 127 cm³/mol. The lowest BCUT2D eigenvalue weighted by Crippen LogP contribution is -2.47. The lowest BCUT2D eigenvalue weighted by Gasteiger charge is -2.34. The molecule has 1 saturated heterocycles. The Morgan fingerprint density at radius 1 is 1.21 bits per heavy atom. The first-order valence-electron chi connectivity index (χ1n) is 10.1. The molecule has 0 bridgehead atoms. The van der Waals surface area contributed by atoms with E-state index in [4.69, 9.17) is 14.5 Å². The van der Waals surface area contributed by atoms with Crippen molar-refractivity contribution >= 4 is 29.9 Å². The number of piperidine rings is 1. The third kappa shape index (κ3) is 8.53. The highest BCUT2D eigenvalue weighted by Gasteiger charge is 2.21. The van der Waals surface area contributed by atoms with Gasteiger partial charge in [-0.25, -0.2) is 4.99 Å². The van der Waals surface area contributed by atoms with Crippen LogP contribution in [0.2, 0.25) is 0 Å². The van der Waals surface area contributed by atoms with Crippen LogP contribution in [0.25, 0.3) is 0 Å². The van der Waals surface area contributed by atoms with Gasteiger partial charge in [-0.2, -0.15) is 0 Å². The van der Waals surface area contributed by atoms with E-state index in [9.17, 15) is 0 Å². The number of aliphatic imine (C=N–C) groups is 1. The van der Waals surface area contributed by atoms with Crippen LogP contribution in [-0.2, 0) is 11.3 Å². The maximum Gasteiger partial charge on any atom is 0.194 e. The van der Waals surface area contributed by atoms with Gasteiger partial charge in [-0.1, -0.05) is 18.2 Å². The summed E-state index contributed by atoms with van der Waals surface area (Å²) >= 11 is 0. The van der Waals surface area contributed by atoms with Gasteiger partial charge < -0.3 is 24.6 Å². The van der Waals surface area contributed by atoms with Crippen LogP contribution in [0.3, 0.4) is 0 Å². The van der Waals surface area contributed by atoms with Crippen LogP contribution in [0, 0.1) is 0 Å². The molecule has 0 spiro atoms. The number of hydrogen-bond donors (Lipinski definition) is 1. The van der Waals surface area contributed by atoms with Crippen LogP contribution in [-0.4, -0.2) is 75.4 Å². The summed E-state index contributed by atoms with van der Waals surface area (Å²) in [4.78, 5) is 9.35. The maximum absolute atomic E-state index is 5.97. The molecule has 7 heteroatoms. The second-order valence-electron chi connectivity index (χ2n) is 7.07. The van der Waals surface area contributed by atoms with Crippen molar-refractivity contribution in [1.82, 2.24) is 15.1 Å².